The number of nitrogens with zero attached hydrogens (tertiary/aromatic N) is 2. The number of anilines is 1. The molecule has 3 rings (SSSR count). The highest BCUT2D eigenvalue weighted by molar-refractivity contribution is 5.84. The van der Waals surface area contributed by atoms with Crippen LogP contribution in [-0.2, 0) is 4.79 Å². The van der Waals surface area contributed by atoms with Crippen LogP contribution in [-0.4, -0.2) is 28.5 Å². The Hall–Kier alpha value is -1.65. The average Bonchev–Trinajstić information content (AvgIpc) is 3.20. The van der Waals surface area contributed by atoms with Gasteiger partial charge in [-0.3, -0.25) is 4.79 Å². The highest BCUT2D eigenvalue weighted by atomic mass is 16.2. The number of amides is 1. The van der Waals surface area contributed by atoms with Crippen LogP contribution in [0.2, 0.25) is 0 Å². The van der Waals surface area contributed by atoms with Crippen LogP contribution in [0.4, 0.5) is 5.82 Å². The molecule has 2 N–H and O–H groups in total. The molecular weight excluding hydrogens is 228 g/mol. The topological polar surface area (TPSA) is 66.9 Å². The zero-order chi connectivity index (χ0) is 12.4. The SMILES string of the molecule is O=C1NCCCCC1Nc1ccnc(C2CC2)n1. The van der Waals surface area contributed by atoms with Crippen molar-refractivity contribution in [2.24, 2.45) is 0 Å². The van der Waals surface area contributed by atoms with Gasteiger partial charge < -0.3 is 10.6 Å². The van der Waals surface area contributed by atoms with Gasteiger partial charge in [-0.15, -0.1) is 0 Å². The molecule has 2 fully saturated rings. The van der Waals surface area contributed by atoms with Crippen molar-refractivity contribution in [3.05, 3.63) is 18.1 Å². The fourth-order valence-corrected chi connectivity index (χ4v) is 2.25. The lowest BCUT2D eigenvalue weighted by atomic mass is 10.1. The second-order valence-electron chi connectivity index (χ2n) is 5.06. The minimum Gasteiger partial charge on any atom is -0.358 e. The standard InChI is InChI=1S/C13H18N4O/c18-13-10(3-1-2-7-15-13)16-11-6-8-14-12(17-11)9-4-5-9/h6,8-10H,1-5,7H2,(H,15,18)(H,14,16,17). The molecule has 1 atom stereocenters. The molecule has 1 amide bonds. The zero-order valence-electron chi connectivity index (χ0n) is 10.4. The van der Waals surface area contributed by atoms with Crippen LogP contribution in [0.15, 0.2) is 12.3 Å². The van der Waals surface area contributed by atoms with Crippen molar-refractivity contribution in [2.45, 2.75) is 44.1 Å². The van der Waals surface area contributed by atoms with E-state index in [9.17, 15) is 4.79 Å². The molecule has 2 heterocycles. The van der Waals surface area contributed by atoms with E-state index in [0.717, 1.165) is 37.4 Å². The molecular formula is C13H18N4O. The first-order valence-corrected chi connectivity index (χ1v) is 6.70. The van der Waals surface area contributed by atoms with Gasteiger partial charge in [0.1, 0.15) is 17.7 Å². The van der Waals surface area contributed by atoms with E-state index in [2.05, 4.69) is 20.6 Å². The Morgan fingerprint density at radius 3 is 3.00 bits per heavy atom. The molecule has 0 radical (unpaired) electrons. The van der Waals surface area contributed by atoms with E-state index in [1.165, 1.54) is 12.8 Å². The van der Waals surface area contributed by atoms with E-state index >= 15 is 0 Å². The molecule has 1 aliphatic heterocycles. The normalized spacial score (nSPS) is 24.2. The third-order valence-corrected chi connectivity index (χ3v) is 3.47. The molecule has 1 aromatic rings. The van der Waals surface area contributed by atoms with Crippen molar-refractivity contribution in [3.8, 4) is 0 Å². The monoisotopic (exact) mass is 246 g/mol. The molecule has 1 saturated carbocycles. The lowest BCUT2D eigenvalue weighted by Crippen LogP contribution is -2.38. The predicted molar refractivity (Wildman–Crippen MR) is 68.3 cm³/mol. The summed E-state index contributed by atoms with van der Waals surface area (Å²) in [4.78, 5) is 20.6. The first-order chi connectivity index (χ1) is 8.83. The lowest BCUT2D eigenvalue weighted by molar-refractivity contribution is -0.121. The predicted octanol–water partition coefficient (Wildman–Crippen LogP) is 1.43. The highest BCUT2D eigenvalue weighted by Gasteiger charge is 2.27. The largest absolute Gasteiger partial charge is 0.358 e. The van der Waals surface area contributed by atoms with Gasteiger partial charge in [-0.05, 0) is 38.2 Å². The molecule has 0 spiro atoms. The van der Waals surface area contributed by atoms with Gasteiger partial charge in [0.2, 0.25) is 5.91 Å². The van der Waals surface area contributed by atoms with Crippen molar-refractivity contribution >= 4 is 11.7 Å². The molecule has 1 saturated heterocycles. The van der Waals surface area contributed by atoms with Gasteiger partial charge in [-0.25, -0.2) is 9.97 Å². The van der Waals surface area contributed by atoms with E-state index in [1.54, 1.807) is 6.20 Å². The summed E-state index contributed by atoms with van der Waals surface area (Å²) in [6, 6.07) is 1.68. The molecule has 1 aromatic heterocycles. The number of hydrogen-bond acceptors (Lipinski definition) is 4. The van der Waals surface area contributed by atoms with Gasteiger partial charge >= 0.3 is 0 Å². The molecule has 18 heavy (non-hydrogen) atoms. The number of carbonyl (C=O) groups excluding carboxylic acids is 1. The minimum atomic E-state index is -0.158. The summed E-state index contributed by atoms with van der Waals surface area (Å²) in [5.74, 6) is 2.30. The van der Waals surface area contributed by atoms with Gasteiger partial charge in [-0.2, -0.15) is 0 Å². The van der Waals surface area contributed by atoms with E-state index in [0.29, 0.717) is 5.92 Å². The van der Waals surface area contributed by atoms with Crippen LogP contribution in [0.25, 0.3) is 0 Å². The average molecular weight is 246 g/mol. The van der Waals surface area contributed by atoms with Crippen LogP contribution in [0.1, 0.15) is 43.8 Å². The summed E-state index contributed by atoms with van der Waals surface area (Å²) in [5, 5.41) is 6.15. The zero-order valence-corrected chi connectivity index (χ0v) is 10.4. The number of rotatable bonds is 3. The maximum Gasteiger partial charge on any atom is 0.242 e. The molecule has 5 nitrogen and oxygen atoms in total. The van der Waals surface area contributed by atoms with E-state index in [4.69, 9.17) is 0 Å². The first-order valence-electron chi connectivity index (χ1n) is 6.70. The van der Waals surface area contributed by atoms with Crippen LogP contribution >= 0.6 is 0 Å². The Morgan fingerprint density at radius 2 is 2.17 bits per heavy atom. The first kappa shape index (κ1) is 11.4. The molecule has 0 aromatic carbocycles. The van der Waals surface area contributed by atoms with E-state index < -0.39 is 0 Å². The summed E-state index contributed by atoms with van der Waals surface area (Å²) >= 11 is 0. The fraction of sp³-hybridized carbons (Fsp3) is 0.615. The Balaban J connectivity index is 1.70. The van der Waals surface area contributed by atoms with Crippen LogP contribution in [0.3, 0.4) is 0 Å². The van der Waals surface area contributed by atoms with Crippen molar-refractivity contribution in [1.82, 2.24) is 15.3 Å². The number of aromatic nitrogens is 2. The molecule has 0 bridgehead atoms. The second kappa shape index (κ2) is 4.92. The molecule has 96 valence electrons. The van der Waals surface area contributed by atoms with Gasteiger partial charge in [0.15, 0.2) is 0 Å². The quantitative estimate of drug-likeness (QED) is 0.846. The summed E-state index contributed by atoms with van der Waals surface area (Å²) in [6.45, 7) is 0.786. The Morgan fingerprint density at radius 1 is 1.28 bits per heavy atom. The van der Waals surface area contributed by atoms with Crippen molar-refractivity contribution in [3.63, 3.8) is 0 Å². The Bertz CT molecular complexity index is 444. The maximum absolute atomic E-state index is 11.8. The van der Waals surface area contributed by atoms with Crippen molar-refractivity contribution in [2.75, 3.05) is 11.9 Å². The molecule has 1 unspecified atom stereocenters. The third kappa shape index (κ3) is 2.60. The maximum atomic E-state index is 11.8. The van der Waals surface area contributed by atoms with Crippen LogP contribution in [0.5, 0.6) is 0 Å². The summed E-state index contributed by atoms with van der Waals surface area (Å²) < 4.78 is 0. The highest BCUT2D eigenvalue weighted by Crippen LogP contribution is 2.38. The number of hydrogen-bond donors (Lipinski definition) is 2. The lowest BCUT2D eigenvalue weighted by Gasteiger charge is -2.15. The molecule has 2 aliphatic rings. The van der Waals surface area contributed by atoms with Crippen molar-refractivity contribution < 1.29 is 4.79 Å². The van der Waals surface area contributed by atoms with E-state index in [1.807, 2.05) is 6.07 Å². The minimum absolute atomic E-state index is 0.0825. The Kier molecular flexibility index (Phi) is 3.13. The fourth-order valence-electron chi connectivity index (χ4n) is 2.25. The third-order valence-electron chi connectivity index (χ3n) is 3.47. The van der Waals surface area contributed by atoms with Gasteiger partial charge in [-0.1, -0.05) is 0 Å². The van der Waals surface area contributed by atoms with Crippen LogP contribution in [0, 0.1) is 0 Å². The smallest absolute Gasteiger partial charge is 0.242 e. The van der Waals surface area contributed by atoms with Gasteiger partial charge in [0, 0.05) is 18.7 Å². The number of carbonyl (C=O) groups is 1. The van der Waals surface area contributed by atoms with Gasteiger partial charge in [0.25, 0.3) is 0 Å². The van der Waals surface area contributed by atoms with Crippen LogP contribution < -0.4 is 10.6 Å². The van der Waals surface area contributed by atoms with Gasteiger partial charge in [0.05, 0.1) is 0 Å². The Labute approximate surface area is 106 Å². The van der Waals surface area contributed by atoms with Crippen molar-refractivity contribution in [1.29, 1.82) is 0 Å². The second-order valence-corrected chi connectivity index (χ2v) is 5.06. The molecule has 5 heteroatoms. The number of nitrogens with one attached hydrogen (secondary N) is 2. The summed E-state index contributed by atoms with van der Waals surface area (Å²) in [6.07, 6.45) is 7.14. The molecule has 1 aliphatic carbocycles. The summed E-state index contributed by atoms with van der Waals surface area (Å²) in [7, 11) is 0. The summed E-state index contributed by atoms with van der Waals surface area (Å²) in [5.41, 5.74) is 0. The van der Waals surface area contributed by atoms with E-state index in [-0.39, 0.29) is 11.9 Å².